The molecule has 0 aromatic carbocycles. The molecule has 0 unspecified atom stereocenters. The van der Waals surface area contributed by atoms with Crippen molar-refractivity contribution in [3.05, 3.63) is 79.9 Å². The molecule has 0 saturated carbocycles. The van der Waals surface area contributed by atoms with Crippen LogP contribution >= 0.6 is 0 Å². The maximum atomic E-state index is 12.0. The maximum Gasteiger partial charge on any atom is 2.00 e. The van der Waals surface area contributed by atoms with E-state index >= 15 is 0 Å². The van der Waals surface area contributed by atoms with Gasteiger partial charge in [0.1, 0.15) is 11.3 Å². The molecule has 4 aromatic heterocycles. The first-order chi connectivity index (χ1) is 15.3. The Morgan fingerprint density at radius 3 is 1.43 bits per heavy atom. The average molecular weight is 531 g/mol. The second-order valence-corrected chi connectivity index (χ2v) is 7.04. The Labute approximate surface area is 209 Å². The molecule has 0 aliphatic heterocycles. The van der Waals surface area contributed by atoms with Gasteiger partial charge in [-0.3, -0.25) is 18.4 Å². The van der Waals surface area contributed by atoms with Gasteiger partial charge in [0.25, 0.3) is 11.1 Å². The molecule has 1 radical (unpaired) electrons. The third-order valence-corrected chi connectivity index (χ3v) is 4.96. The molecular formula is C22H28MnN4O8+2. The zero-order chi connectivity index (χ0) is 23.4. The summed E-state index contributed by atoms with van der Waals surface area (Å²) in [5.74, 6) is -0.559. The molecule has 0 atom stereocenters. The number of aliphatic hydroxyl groups excluding tert-OH is 2. The van der Waals surface area contributed by atoms with Crippen LogP contribution < -0.4 is 21.3 Å². The van der Waals surface area contributed by atoms with Gasteiger partial charge >= 0.3 is 17.1 Å². The number of aryl methyl sites for hydroxylation is 2. The van der Waals surface area contributed by atoms with Crippen LogP contribution in [0.5, 0.6) is 11.5 Å². The first-order valence-electron chi connectivity index (χ1n) is 9.87. The number of aliphatic hydroxyl groups is 2. The summed E-state index contributed by atoms with van der Waals surface area (Å²) in [5, 5.41) is 40.7. The Morgan fingerprint density at radius 2 is 1.11 bits per heavy atom. The molecule has 4 heterocycles. The molecule has 0 amide bonds. The van der Waals surface area contributed by atoms with Crippen molar-refractivity contribution in [1.29, 1.82) is 0 Å². The number of hydrogen-bond acceptors (Lipinski definition) is 8. The Kier molecular flexibility index (Phi) is 12.3. The summed E-state index contributed by atoms with van der Waals surface area (Å²) >= 11 is 0. The van der Waals surface area contributed by atoms with Gasteiger partial charge in [-0.15, -0.1) is 0 Å². The van der Waals surface area contributed by atoms with E-state index in [2.05, 4.69) is 9.97 Å². The van der Waals surface area contributed by atoms with Crippen LogP contribution in [0.2, 0.25) is 0 Å². The molecule has 0 aliphatic rings. The predicted molar refractivity (Wildman–Crippen MR) is 123 cm³/mol. The molecule has 189 valence electrons. The van der Waals surface area contributed by atoms with E-state index in [0.29, 0.717) is 22.5 Å². The van der Waals surface area contributed by atoms with Gasteiger partial charge in [0.15, 0.2) is 0 Å². The molecule has 0 saturated heterocycles. The largest absolute Gasteiger partial charge is 2.00 e. The minimum absolute atomic E-state index is 0. The fourth-order valence-electron chi connectivity index (χ4n) is 3.36. The van der Waals surface area contributed by atoms with E-state index in [1.807, 2.05) is 0 Å². The van der Waals surface area contributed by atoms with E-state index in [-0.39, 0.29) is 88.0 Å². The maximum absolute atomic E-state index is 12.0. The number of pyridine rings is 2. The van der Waals surface area contributed by atoms with Gasteiger partial charge in [-0.1, -0.05) is 23.6 Å². The second-order valence-electron chi connectivity index (χ2n) is 7.04. The van der Waals surface area contributed by atoms with Crippen LogP contribution in [0.4, 0.5) is 0 Å². The SMILES string of the molecule is Cc1nc2c([O-])cccn2c(=O)c1CCO.Cc1nc2c([O-])cccn2c(=O)c1CCO.[Mn+2].[OH3+].[OH3+]. The normalized spacial score (nSPS) is 9.94. The fraction of sp³-hybridized carbons (Fsp3) is 0.273. The average Bonchev–Trinajstić information content (AvgIpc) is 2.76. The molecule has 4 aromatic rings. The van der Waals surface area contributed by atoms with Gasteiger partial charge in [-0.25, -0.2) is 9.97 Å². The Bertz CT molecular complexity index is 1300. The Hall–Kier alpha value is -3.32. The molecule has 12 nitrogen and oxygen atoms in total. The van der Waals surface area contributed by atoms with E-state index in [0.717, 1.165) is 0 Å². The third-order valence-electron chi connectivity index (χ3n) is 4.96. The van der Waals surface area contributed by atoms with Crippen molar-refractivity contribution < 1.29 is 48.4 Å². The first kappa shape index (κ1) is 31.7. The smallest absolute Gasteiger partial charge is 0.870 e. The van der Waals surface area contributed by atoms with Crippen LogP contribution in [0, 0.1) is 13.8 Å². The molecule has 0 spiro atoms. The predicted octanol–water partition coefficient (Wildman–Crippen LogP) is -2.62. The molecule has 0 bridgehead atoms. The van der Waals surface area contributed by atoms with Crippen molar-refractivity contribution in [3.63, 3.8) is 0 Å². The van der Waals surface area contributed by atoms with Gasteiger partial charge in [0.2, 0.25) is 0 Å². The topological polar surface area (TPSA) is 221 Å². The zero-order valence-corrected chi connectivity index (χ0v) is 20.3. The minimum atomic E-state index is -0.283. The van der Waals surface area contributed by atoms with Crippen LogP contribution in [-0.2, 0) is 40.9 Å². The van der Waals surface area contributed by atoms with Crippen LogP contribution in [-0.4, -0.2) is 42.2 Å². The standard InChI is InChI=1S/2C11H12N2O3.Mn.2H2O/c2*1-7-8(4-6-14)11(16)13-5-2-3-9(15)10(13)12-7;;;/h2*2-3,5,14-15H,4,6H2,1H3;;2*1H2/q;;+2;;. The zero-order valence-electron chi connectivity index (χ0n) is 19.1. The Morgan fingerprint density at radius 1 is 0.771 bits per heavy atom. The van der Waals surface area contributed by atoms with E-state index in [1.165, 1.54) is 45.5 Å². The summed E-state index contributed by atoms with van der Waals surface area (Å²) in [7, 11) is 0. The van der Waals surface area contributed by atoms with Gasteiger partial charge in [0, 0.05) is 61.0 Å². The summed E-state index contributed by atoms with van der Waals surface area (Å²) in [5.41, 5.74) is 1.60. The number of fused-ring (bicyclic) bond motifs is 2. The van der Waals surface area contributed by atoms with Crippen LogP contribution in [0.1, 0.15) is 22.5 Å². The number of nitrogens with zero attached hydrogens (tertiary/aromatic N) is 4. The van der Waals surface area contributed by atoms with Gasteiger partial charge in [-0.2, -0.15) is 0 Å². The van der Waals surface area contributed by atoms with Crippen molar-refractivity contribution in [1.82, 2.24) is 18.8 Å². The minimum Gasteiger partial charge on any atom is -0.870 e. The number of aromatic nitrogens is 4. The van der Waals surface area contributed by atoms with Gasteiger partial charge < -0.3 is 31.4 Å². The van der Waals surface area contributed by atoms with Gasteiger partial charge in [-0.05, 0) is 26.0 Å². The van der Waals surface area contributed by atoms with Crippen molar-refractivity contribution in [2.24, 2.45) is 0 Å². The Balaban J connectivity index is 0.000000608. The van der Waals surface area contributed by atoms with E-state index < -0.39 is 0 Å². The molecule has 13 heteroatoms. The summed E-state index contributed by atoms with van der Waals surface area (Å²) < 4.78 is 2.45. The van der Waals surface area contributed by atoms with E-state index in [9.17, 15) is 19.8 Å². The molecule has 0 aliphatic carbocycles. The third kappa shape index (κ3) is 6.42. The molecule has 35 heavy (non-hydrogen) atoms. The molecular weight excluding hydrogens is 503 g/mol. The van der Waals surface area contributed by atoms with Crippen molar-refractivity contribution in [2.45, 2.75) is 26.7 Å². The number of rotatable bonds is 4. The summed E-state index contributed by atoms with van der Waals surface area (Å²) in [4.78, 5) is 32.1. The molecule has 0 fully saturated rings. The van der Waals surface area contributed by atoms with Crippen molar-refractivity contribution in [2.75, 3.05) is 13.2 Å². The van der Waals surface area contributed by atoms with E-state index in [4.69, 9.17) is 10.2 Å². The molecule has 8 N–H and O–H groups in total. The second kappa shape index (κ2) is 13.5. The van der Waals surface area contributed by atoms with Crippen LogP contribution in [0.15, 0.2) is 46.2 Å². The quantitative estimate of drug-likeness (QED) is 0.209. The van der Waals surface area contributed by atoms with Crippen molar-refractivity contribution in [3.8, 4) is 11.5 Å². The monoisotopic (exact) mass is 531 g/mol. The number of hydrogen-bond donors (Lipinski definition) is 2. The van der Waals surface area contributed by atoms with Gasteiger partial charge in [0.05, 0.1) is 0 Å². The van der Waals surface area contributed by atoms with E-state index in [1.54, 1.807) is 13.8 Å². The van der Waals surface area contributed by atoms with Crippen molar-refractivity contribution >= 4 is 11.3 Å². The molecule has 4 rings (SSSR count). The summed E-state index contributed by atoms with van der Waals surface area (Å²) in [6.45, 7) is 3.11. The fourth-order valence-corrected chi connectivity index (χ4v) is 3.36. The summed E-state index contributed by atoms with van der Waals surface area (Å²) in [6.07, 6.45) is 3.52. The first-order valence-corrected chi connectivity index (χ1v) is 9.87. The van der Waals surface area contributed by atoms with Crippen LogP contribution in [0.25, 0.3) is 11.3 Å². The summed E-state index contributed by atoms with van der Waals surface area (Å²) in [6, 6.07) is 5.76. The van der Waals surface area contributed by atoms with Crippen LogP contribution in [0.3, 0.4) is 0 Å².